The number of sulfonamides is 1. The highest BCUT2D eigenvalue weighted by Crippen LogP contribution is 2.24. The summed E-state index contributed by atoms with van der Waals surface area (Å²) in [6.45, 7) is 3.62. The van der Waals surface area contributed by atoms with Gasteiger partial charge in [0.15, 0.2) is 6.54 Å². The molecular formula is C17H25ClN3O4S+. The fraction of sp³-hybridized carbons (Fsp3) is 0.588. The van der Waals surface area contributed by atoms with Crippen LogP contribution in [0, 0.1) is 0 Å². The monoisotopic (exact) mass is 402 g/mol. The summed E-state index contributed by atoms with van der Waals surface area (Å²) >= 11 is 6.04. The van der Waals surface area contributed by atoms with Gasteiger partial charge >= 0.3 is 0 Å². The van der Waals surface area contributed by atoms with Gasteiger partial charge in [0.25, 0.3) is 5.91 Å². The molecule has 0 unspecified atom stereocenters. The molecule has 0 aliphatic carbocycles. The molecule has 2 N–H and O–H groups in total. The summed E-state index contributed by atoms with van der Waals surface area (Å²) in [6, 6.07) is 6.47. The Morgan fingerprint density at radius 1 is 1.31 bits per heavy atom. The van der Waals surface area contributed by atoms with Crippen molar-refractivity contribution in [3.8, 4) is 0 Å². The predicted molar refractivity (Wildman–Crippen MR) is 97.8 cm³/mol. The normalized spacial score (nSPS) is 22.4. The van der Waals surface area contributed by atoms with E-state index in [2.05, 4.69) is 5.32 Å². The van der Waals surface area contributed by atoms with Gasteiger partial charge in [-0.05, 0) is 25.0 Å². The molecular weight excluding hydrogens is 378 g/mol. The number of carbonyl (C=O) groups excluding carboxylic acids is 1. The third kappa shape index (κ3) is 4.75. The molecule has 1 aromatic rings. The molecule has 26 heavy (non-hydrogen) atoms. The fourth-order valence-corrected chi connectivity index (χ4v) is 5.27. The van der Waals surface area contributed by atoms with E-state index < -0.39 is 10.0 Å². The van der Waals surface area contributed by atoms with Gasteiger partial charge in [0.05, 0.1) is 37.3 Å². The van der Waals surface area contributed by atoms with Gasteiger partial charge in [-0.3, -0.25) is 4.79 Å². The lowest BCUT2D eigenvalue weighted by molar-refractivity contribution is -0.895. The molecule has 2 aliphatic heterocycles. The third-order valence-electron chi connectivity index (χ3n) is 4.85. The Balaban J connectivity index is 1.48. The predicted octanol–water partition coefficient (Wildman–Crippen LogP) is -0.476. The van der Waals surface area contributed by atoms with Gasteiger partial charge in [0, 0.05) is 13.2 Å². The molecule has 2 saturated heterocycles. The molecule has 0 radical (unpaired) electrons. The van der Waals surface area contributed by atoms with Gasteiger partial charge < -0.3 is 15.0 Å². The molecule has 2 fully saturated rings. The lowest BCUT2D eigenvalue weighted by Gasteiger charge is -2.31. The summed E-state index contributed by atoms with van der Waals surface area (Å²) in [7, 11) is -3.59. The maximum Gasteiger partial charge on any atom is 0.275 e. The first kappa shape index (κ1) is 19.6. The van der Waals surface area contributed by atoms with E-state index in [1.54, 1.807) is 18.2 Å². The highest BCUT2D eigenvalue weighted by molar-refractivity contribution is 7.89. The minimum absolute atomic E-state index is 0.0158. The molecule has 144 valence electrons. The van der Waals surface area contributed by atoms with Crippen LogP contribution in [0.25, 0.3) is 0 Å². The van der Waals surface area contributed by atoms with Crippen LogP contribution in [0.4, 0.5) is 0 Å². The molecule has 0 spiro atoms. The van der Waals surface area contributed by atoms with Crippen molar-refractivity contribution in [2.45, 2.75) is 23.8 Å². The first-order valence-electron chi connectivity index (χ1n) is 8.93. The summed E-state index contributed by atoms with van der Waals surface area (Å²) in [5.74, 6) is -0.0158. The van der Waals surface area contributed by atoms with E-state index in [9.17, 15) is 13.2 Å². The van der Waals surface area contributed by atoms with Crippen LogP contribution < -0.4 is 10.2 Å². The van der Waals surface area contributed by atoms with Crippen molar-refractivity contribution in [3.05, 3.63) is 29.3 Å². The van der Waals surface area contributed by atoms with Gasteiger partial charge in [0.1, 0.15) is 4.90 Å². The van der Waals surface area contributed by atoms with E-state index in [0.29, 0.717) is 39.3 Å². The second kappa shape index (κ2) is 8.67. The standard InChI is InChI=1S/C17H24ClN3O4S/c18-15-5-1-2-6-16(15)26(23,24)21-9-7-20(8-10-21)13-17(22)19-12-14-4-3-11-25-14/h1-2,5-6,14H,3-4,7-13H2,(H,19,22)/p+1/t14-/m0/s1. The summed E-state index contributed by atoms with van der Waals surface area (Å²) < 4.78 is 32.4. The molecule has 2 aliphatic rings. The lowest BCUT2D eigenvalue weighted by Crippen LogP contribution is -3.15. The van der Waals surface area contributed by atoms with Gasteiger partial charge in [-0.1, -0.05) is 23.7 Å². The average Bonchev–Trinajstić information content (AvgIpc) is 3.14. The van der Waals surface area contributed by atoms with Crippen molar-refractivity contribution in [3.63, 3.8) is 0 Å². The topological polar surface area (TPSA) is 80.2 Å². The Kier molecular flexibility index (Phi) is 6.52. The van der Waals surface area contributed by atoms with Crippen LogP contribution in [0.3, 0.4) is 0 Å². The number of amides is 1. The largest absolute Gasteiger partial charge is 0.376 e. The average molecular weight is 403 g/mol. The van der Waals surface area contributed by atoms with Crippen LogP contribution in [0.15, 0.2) is 29.2 Å². The summed E-state index contributed by atoms with van der Waals surface area (Å²) in [5.41, 5.74) is 0. The first-order valence-corrected chi connectivity index (χ1v) is 10.7. The van der Waals surface area contributed by atoms with Crippen molar-refractivity contribution < 1.29 is 22.8 Å². The van der Waals surface area contributed by atoms with E-state index in [4.69, 9.17) is 16.3 Å². The number of quaternary nitrogens is 1. The number of carbonyl (C=O) groups is 1. The molecule has 3 rings (SSSR count). The van der Waals surface area contributed by atoms with Gasteiger partial charge in [-0.2, -0.15) is 4.31 Å². The number of hydrogen-bond acceptors (Lipinski definition) is 4. The van der Waals surface area contributed by atoms with E-state index in [1.165, 1.54) is 10.4 Å². The van der Waals surface area contributed by atoms with Crippen LogP contribution >= 0.6 is 11.6 Å². The maximum absolute atomic E-state index is 12.7. The van der Waals surface area contributed by atoms with E-state index in [0.717, 1.165) is 24.3 Å². The van der Waals surface area contributed by atoms with E-state index in [-0.39, 0.29) is 21.9 Å². The van der Waals surface area contributed by atoms with Crippen LogP contribution in [0.5, 0.6) is 0 Å². The van der Waals surface area contributed by atoms with Crippen LogP contribution in [0.2, 0.25) is 5.02 Å². The SMILES string of the molecule is O=C(C[NH+]1CCN(S(=O)(=O)c2ccccc2Cl)CC1)NC[C@@H]1CCCO1. The zero-order chi connectivity index (χ0) is 18.6. The molecule has 7 nitrogen and oxygen atoms in total. The van der Waals surface area contributed by atoms with Crippen LogP contribution in [-0.4, -0.2) is 70.6 Å². The molecule has 0 bridgehead atoms. The molecule has 1 atom stereocenters. The number of rotatable bonds is 6. The number of benzene rings is 1. The smallest absolute Gasteiger partial charge is 0.275 e. The van der Waals surface area contributed by atoms with Gasteiger partial charge in [0.2, 0.25) is 10.0 Å². The highest BCUT2D eigenvalue weighted by atomic mass is 35.5. The zero-order valence-corrected chi connectivity index (χ0v) is 16.2. The number of halogens is 1. The molecule has 1 aromatic carbocycles. The van der Waals surface area contributed by atoms with Gasteiger partial charge in [-0.15, -0.1) is 0 Å². The number of hydrogen-bond donors (Lipinski definition) is 2. The Bertz CT molecular complexity index is 729. The number of piperazine rings is 1. The Morgan fingerprint density at radius 2 is 2.04 bits per heavy atom. The van der Waals surface area contributed by atoms with E-state index >= 15 is 0 Å². The van der Waals surface area contributed by atoms with Crippen LogP contribution in [-0.2, 0) is 19.6 Å². The number of nitrogens with one attached hydrogen (secondary N) is 2. The molecule has 2 heterocycles. The second-order valence-corrected chi connectivity index (χ2v) is 9.01. The fourth-order valence-electron chi connectivity index (χ4n) is 3.34. The molecule has 1 amide bonds. The van der Waals surface area contributed by atoms with Crippen LogP contribution in [0.1, 0.15) is 12.8 Å². The summed E-state index contributed by atoms with van der Waals surface area (Å²) in [4.78, 5) is 13.3. The van der Waals surface area contributed by atoms with Crippen molar-refractivity contribution in [2.24, 2.45) is 0 Å². The minimum atomic E-state index is -3.59. The quantitative estimate of drug-likeness (QED) is 0.674. The minimum Gasteiger partial charge on any atom is -0.376 e. The van der Waals surface area contributed by atoms with Crippen molar-refractivity contribution in [2.75, 3.05) is 45.9 Å². The third-order valence-corrected chi connectivity index (χ3v) is 7.24. The Labute approximate surface area is 159 Å². The molecule has 0 aromatic heterocycles. The van der Waals surface area contributed by atoms with Gasteiger partial charge in [-0.25, -0.2) is 8.42 Å². The highest BCUT2D eigenvalue weighted by Gasteiger charge is 2.32. The summed E-state index contributed by atoms with van der Waals surface area (Å²) in [5, 5.41) is 3.14. The maximum atomic E-state index is 12.7. The van der Waals surface area contributed by atoms with Crippen molar-refractivity contribution in [1.29, 1.82) is 0 Å². The Morgan fingerprint density at radius 3 is 2.69 bits per heavy atom. The first-order chi connectivity index (χ1) is 12.5. The Hall–Kier alpha value is -1.19. The zero-order valence-electron chi connectivity index (χ0n) is 14.6. The number of nitrogens with zero attached hydrogens (tertiary/aromatic N) is 1. The molecule has 0 saturated carbocycles. The van der Waals surface area contributed by atoms with Crippen molar-refractivity contribution in [1.82, 2.24) is 9.62 Å². The summed E-state index contributed by atoms with van der Waals surface area (Å²) in [6.07, 6.45) is 2.17. The molecule has 9 heteroatoms. The van der Waals surface area contributed by atoms with E-state index in [1.807, 2.05) is 0 Å². The second-order valence-electron chi connectivity index (χ2n) is 6.70. The number of ether oxygens (including phenoxy) is 1. The van der Waals surface area contributed by atoms with Crippen molar-refractivity contribution >= 4 is 27.5 Å². The lowest BCUT2D eigenvalue weighted by atomic mass is 10.2.